The zero-order valence-corrected chi connectivity index (χ0v) is 15.2. The smallest absolute Gasteiger partial charge is 0.251 e. The number of halogens is 1. The monoisotopic (exact) mass is 402 g/mol. The Labute approximate surface area is 155 Å². The maximum absolute atomic E-state index is 12.4. The number of ether oxygens (including phenoxy) is 1. The highest BCUT2D eigenvalue weighted by Crippen LogP contribution is 2.21. The molecular weight excluding hydrogens is 384 g/mol. The van der Waals surface area contributed by atoms with Crippen LogP contribution >= 0.6 is 15.9 Å². The highest BCUT2D eigenvalue weighted by Gasteiger charge is 2.25. The molecule has 1 aliphatic heterocycles. The zero-order valence-electron chi connectivity index (χ0n) is 13.7. The standard InChI is InChI=1S/C19H19BrN2O3/c20-16-8-6-15(7-9-16)19(24)21-12-18(23)22-10-11-25-17(13-22)14-4-2-1-3-5-14/h1-9,17H,10-13H2,(H,21,24). The minimum absolute atomic E-state index is 0.0175. The first-order valence-corrected chi connectivity index (χ1v) is 8.91. The summed E-state index contributed by atoms with van der Waals surface area (Å²) >= 11 is 3.33. The lowest BCUT2D eigenvalue weighted by Gasteiger charge is -2.33. The number of nitrogens with one attached hydrogen (secondary N) is 1. The first kappa shape index (κ1) is 17.6. The number of nitrogens with zero attached hydrogens (tertiary/aromatic N) is 1. The van der Waals surface area contributed by atoms with Gasteiger partial charge in [-0.1, -0.05) is 46.3 Å². The fourth-order valence-corrected chi connectivity index (χ4v) is 2.98. The van der Waals surface area contributed by atoms with Crippen LogP contribution in [0.2, 0.25) is 0 Å². The van der Waals surface area contributed by atoms with Crippen molar-refractivity contribution < 1.29 is 14.3 Å². The number of carbonyl (C=O) groups is 2. The van der Waals surface area contributed by atoms with Crippen molar-refractivity contribution >= 4 is 27.7 Å². The normalized spacial score (nSPS) is 17.2. The number of carbonyl (C=O) groups excluding carboxylic acids is 2. The van der Waals surface area contributed by atoms with E-state index in [0.717, 1.165) is 10.0 Å². The van der Waals surface area contributed by atoms with Crippen molar-refractivity contribution in [3.63, 3.8) is 0 Å². The summed E-state index contributed by atoms with van der Waals surface area (Å²) in [7, 11) is 0. The van der Waals surface area contributed by atoms with Crippen molar-refractivity contribution in [2.24, 2.45) is 0 Å². The van der Waals surface area contributed by atoms with Crippen LogP contribution in [-0.2, 0) is 9.53 Å². The summed E-state index contributed by atoms with van der Waals surface area (Å²) in [5, 5.41) is 2.68. The molecule has 0 aromatic heterocycles. The second kappa shape index (κ2) is 8.27. The molecule has 5 nitrogen and oxygen atoms in total. The summed E-state index contributed by atoms with van der Waals surface area (Å²) in [6, 6.07) is 16.9. The predicted molar refractivity (Wildman–Crippen MR) is 98.2 cm³/mol. The molecule has 2 aromatic carbocycles. The van der Waals surface area contributed by atoms with Gasteiger partial charge < -0.3 is 15.0 Å². The van der Waals surface area contributed by atoms with Crippen LogP contribution in [0, 0.1) is 0 Å². The van der Waals surface area contributed by atoms with Crippen LogP contribution in [0.3, 0.4) is 0 Å². The Morgan fingerprint density at radius 2 is 1.84 bits per heavy atom. The van der Waals surface area contributed by atoms with Gasteiger partial charge >= 0.3 is 0 Å². The fraction of sp³-hybridized carbons (Fsp3) is 0.263. The number of amides is 2. The van der Waals surface area contributed by atoms with Crippen molar-refractivity contribution in [2.45, 2.75) is 6.10 Å². The van der Waals surface area contributed by atoms with Crippen LogP contribution in [0.5, 0.6) is 0 Å². The van der Waals surface area contributed by atoms with Gasteiger partial charge in [0.25, 0.3) is 5.91 Å². The summed E-state index contributed by atoms with van der Waals surface area (Å²) in [6.07, 6.45) is -0.124. The third kappa shape index (κ3) is 4.67. The molecule has 0 saturated carbocycles. The van der Waals surface area contributed by atoms with E-state index < -0.39 is 0 Å². The van der Waals surface area contributed by atoms with E-state index in [1.165, 1.54) is 0 Å². The maximum Gasteiger partial charge on any atom is 0.251 e. The molecule has 6 heteroatoms. The first-order chi connectivity index (χ1) is 12.1. The lowest BCUT2D eigenvalue weighted by atomic mass is 10.1. The molecule has 3 rings (SSSR count). The molecule has 0 aliphatic carbocycles. The summed E-state index contributed by atoms with van der Waals surface area (Å²) in [5.74, 6) is -0.358. The lowest BCUT2D eigenvalue weighted by Crippen LogP contribution is -2.46. The average Bonchev–Trinajstić information content (AvgIpc) is 2.67. The Morgan fingerprint density at radius 1 is 1.12 bits per heavy atom. The van der Waals surface area contributed by atoms with Gasteiger partial charge in [0.1, 0.15) is 6.10 Å². The number of hydrogen-bond acceptors (Lipinski definition) is 3. The Bertz CT molecular complexity index is 734. The van der Waals surface area contributed by atoms with Gasteiger partial charge in [0.2, 0.25) is 5.91 Å². The van der Waals surface area contributed by atoms with Gasteiger partial charge in [0, 0.05) is 16.6 Å². The van der Waals surface area contributed by atoms with Crippen molar-refractivity contribution in [1.29, 1.82) is 0 Å². The first-order valence-electron chi connectivity index (χ1n) is 8.11. The van der Waals surface area contributed by atoms with Crippen LogP contribution in [0.25, 0.3) is 0 Å². The third-order valence-electron chi connectivity index (χ3n) is 4.10. The van der Waals surface area contributed by atoms with Gasteiger partial charge in [0.15, 0.2) is 0 Å². The van der Waals surface area contributed by atoms with E-state index in [4.69, 9.17) is 4.74 Å². The molecule has 0 spiro atoms. The van der Waals surface area contributed by atoms with Gasteiger partial charge in [-0.15, -0.1) is 0 Å². The predicted octanol–water partition coefficient (Wildman–Crippen LogP) is 2.78. The Kier molecular flexibility index (Phi) is 5.83. The van der Waals surface area contributed by atoms with E-state index >= 15 is 0 Å². The van der Waals surface area contributed by atoms with Crippen LogP contribution in [-0.4, -0.2) is 43.0 Å². The minimum atomic E-state index is -0.256. The topological polar surface area (TPSA) is 58.6 Å². The SMILES string of the molecule is O=C(NCC(=O)N1CCOC(c2ccccc2)C1)c1ccc(Br)cc1. The summed E-state index contributed by atoms with van der Waals surface area (Å²) in [5.41, 5.74) is 1.58. The van der Waals surface area contributed by atoms with Gasteiger partial charge in [-0.2, -0.15) is 0 Å². The van der Waals surface area contributed by atoms with E-state index in [0.29, 0.717) is 25.3 Å². The number of benzene rings is 2. The molecule has 0 bridgehead atoms. The van der Waals surface area contributed by atoms with E-state index in [1.807, 2.05) is 30.3 Å². The largest absolute Gasteiger partial charge is 0.370 e. The molecule has 1 atom stereocenters. The molecular formula is C19H19BrN2O3. The molecule has 1 fully saturated rings. The van der Waals surface area contributed by atoms with Crippen LogP contribution in [0.1, 0.15) is 22.0 Å². The summed E-state index contributed by atoms with van der Waals surface area (Å²) < 4.78 is 6.67. The van der Waals surface area contributed by atoms with Crippen LogP contribution in [0.15, 0.2) is 59.1 Å². The minimum Gasteiger partial charge on any atom is -0.370 e. The Balaban J connectivity index is 1.54. The van der Waals surface area contributed by atoms with E-state index in [2.05, 4.69) is 21.2 Å². The molecule has 1 unspecified atom stereocenters. The van der Waals surface area contributed by atoms with Crippen molar-refractivity contribution in [2.75, 3.05) is 26.2 Å². The highest BCUT2D eigenvalue weighted by molar-refractivity contribution is 9.10. The van der Waals surface area contributed by atoms with Crippen LogP contribution < -0.4 is 5.32 Å². The fourth-order valence-electron chi connectivity index (χ4n) is 2.72. The van der Waals surface area contributed by atoms with E-state index in [1.54, 1.807) is 29.2 Å². The molecule has 1 heterocycles. The average molecular weight is 403 g/mol. The second-order valence-electron chi connectivity index (χ2n) is 5.80. The number of hydrogen-bond donors (Lipinski definition) is 1. The molecule has 1 saturated heterocycles. The second-order valence-corrected chi connectivity index (χ2v) is 6.72. The van der Waals surface area contributed by atoms with E-state index in [-0.39, 0.29) is 24.5 Å². The molecule has 1 aliphatic rings. The third-order valence-corrected chi connectivity index (χ3v) is 4.63. The molecule has 2 aromatic rings. The highest BCUT2D eigenvalue weighted by atomic mass is 79.9. The van der Waals surface area contributed by atoms with Crippen LogP contribution in [0.4, 0.5) is 0 Å². The van der Waals surface area contributed by atoms with E-state index in [9.17, 15) is 9.59 Å². The maximum atomic E-state index is 12.4. The van der Waals surface area contributed by atoms with Crippen molar-refractivity contribution in [3.05, 3.63) is 70.2 Å². The molecule has 25 heavy (non-hydrogen) atoms. The lowest BCUT2D eigenvalue weighted by molar-refractivity contribution is -0.137. The van der Waals surface area contributed by atoms with Crippen molar-refractivity contribution in [1.82, 2.24) is 10.2 Å². The van der Waals surface area contributed by atoms with Gasteiger partial charge in [-0.05, 0) is 29.8 Å². The Hall–Kier alpha value is -2.18. The van der Waals surface area contributed by atoms with Gasteiger partial charge in [0.05, 0.1) is 19.7 Å². The molecule has 2 amide bonds. The summed E-state index contributed by atoms with van der Waals surface area (Å²) in [6.45, 7) is 1.51. The van der Waals surface area contributed by atoms with Gasteiger partial charge in [-0.3, -0.25) is 9.59 Å². The molecule has 0 radical (unpaired) electrons. The zero-order chi connectivity index (χ0) is 17.6. The quantitative estimate of drug-likeness (QED) is 0.854. The Morgan fingerprint density at radius 3 is 2.56 bits per heavy atom. The molecule has 130 valence electrons. The molecule has 1 N–H and O–H groups in total. The number of morpholine rings is 1. The van der Waals surface area contributed by atoms with Gasteiger partial charge in [-0.25, -0.2) is 0 Å². The van der Waals surface area contributed by atoms with Crippen molar-refractivity contribution in [3.8, 4) is 0 Å². The number of rotatable bonds is 4. The summed E-state index contributed by atoms with van der Waals surface area (Å²) in [4.78, 5) is 26.3.